The number of benzene rings is 1. The second-order valence-corrected chi connectivity index (χ2v) is 6.11. The Morgan fingerprint density at radius 2 is 2.10 bits per heavy atom. The molecule has 0 atom stereocenters. The first-order valence-electron chi connectivity index (χ1n) is 5.57. The highest BCUT2D eigenvalue weighted by molar-refractivity contribution is 7.92. The SMILES string of the molecule is Cc1ccncc1NS(=O)(=O)c1ccc(C#N)cc1Cl. The van der Waals surface area contributed by atoms with Gasteiger partial charge in [0.2, 0.25) is 0 Å². The van der Waals surface area contributed by atoms with E-state index < -0.39 is 10.0 Å². The van der Waals surface area contributed by atoms with Crippen LogP contribution in [0.1, 0.15) is 11.1 Å². The molecular formula is C13H10ClN3O2S. The molecule has 1 heterocycles. The molecule has 102 valence electrons. The fourth-order valence-corrected chi connectivity index (χ4v) is 3.22. The zero-order valence-corrected chi connectivity index (χ0v) is 12.0. The summed E-state index contributed by atoms with van der Waals surface area (Å²) in [6, 6.07) is 7.60. The fourth-order valence-electron chi connectivity index (χ4n) is 1.56. The van der Waals surface area contributed by atoms with E-state index in [1.807, 2.05) is 6.07 Å². The number of nitrogens with zero attached hydrogens (tertiary/aromatic N) is 2. The van der Waals surface area contributed by atoms with Gasteiger partial charge in [-0.15, -0.1) is 0 Å². The topological polar surface area (TPSA) is 82.8 Å². The molecular weight excluding hydrogens is 298 g/mol. The van der Waals surface area contributed by atoms with Crippen LogP contribution in [0.15, 0.2) is 41.6 Å². The Kier molecular flexibility index (Phi) is 3.93. The van der Waals surface area contributed by atoms with Crippen molar-refractivity contribution in [1.82, 2.24) is 4.98 Å². The van der Waals surface area contributed by atoms with Crippen molar-refractivity contribution in [2.24, 2.45) is 0 Å². The van der Waals surface area contributed by atoms with E-state index in [-0.39, 0.29) is 9.92 Å². The van der Waals surface area contributed by atoms with E-state index in [0.717, 1.165) is 5.56 Å². The van der Waals surface area contributed by atoms with Gasteiger partial charge in [-0.3, -0.25) is 9.71 Å². The Morgan fingerprint density at radius 1 is 1.35 bits per heavy atom. The molecule has 0 fully saturated rings. The van der Waals surface area contributed by atoms with Crippen molar-refractivity contribution in [3.63, 3.8) is 0 Å². The molecule has 0 bridgehead atoms. The number of aryl methyl sites for hydroxylation is 1. The van der Waals surface area contributed by atoms with E-state index >= 15 is 0 Å². The Hall–Kier alpha value is -2.10. The molecule has 2 rings (SSSR count). The van der Waals surface area contributed by atoms with Crippen molar-refractivity contribution in [3.8, 4) is 6.07 Å². The molecule has 1 N–H and O–H groups in total. The number of pyridine rings is 1. The summed E-state index contributed by atoms with van der Waals surface area (Å²) in [4.78, 5) is 3.79. The molecule has 0 aliphatic carbocycles. The van der Waals surface area contributed by atoms with Gasteiger partial charge in [-0.25, -0.2) is 8.42 Å². The van der Waals surface area contributed by atoms with Gasteiger partial charge >= 0.3 is 0 Å². The minimum Gasteiger partial charge on any atom is -0.278 e. The molecule has 5 nitrogen and oxygen atoms in total. The average Bonchev–Trinajstić information content (AvgIpc) is 2.40. The maximum atomic E-state index is 12.3. The number of rotatable bonds is 3. The number of anilines is 1. The van der Waals surface area contributed by atoms with Gasteiger partial charge < -0.3 is 0 Å². The summed E-state index contributed by atoms with van der Waals surface area (Å²) in [5.74, 6) is 0. The van der Waals surface area contributed by atoms with Crippen molar-refractivity contribution in [2.75, 3.05) is 4.72 Å². The summed E-state index contributed by atoms with van der Waals surface area (Å²) in [7, 11) is -3.82. The number of hydrogen-bond donors (Lipinski definition) is 1. The van der Waals surface area contributed by atoms with Crippen LogP contribution in [-0.4, -0.2) is 13.4 Å². The molecule has 0 spiro atoms. The Bertz CT molecular complexity index is 798. The van der Waals surface area contributed by atoms with Crippen LogP contribution in [0.25, 0.3) is 0 Å². The average molecular weight is 308 g/mol. The van der Waals surface area contributed by atoms with Crippen LogP contribution >= 0.6 is 11.6 Å². The molecule has 0 amide bonds. The van der Waals surface area contributed by atoms with Crippen molar-refractivity contribution in [2.45, 2.75) is 11.8 Å². The number of nitriles is 1. The lowest BCUT2D eigenvalue weighted by atomic mass is 10.2. The first kappa shape index (κ1) is 14.3. The van der Waals surface area contributed by atoms with E-state index in [1.165, 1.54) is 24.4 Å². The highest BCUT2D eigenvalue weighted by Crippen LogP contribution is 2.25. The van der Waals surface area contributed by atoms with Crippen molar-refractivity contribution in [1.29, 1.82) is 5.26 Å². The number of sulfonamides is 1. The summed E-state index contributed by atoms with van der Waals surface area (Å²) in [5, 5.41) is 8.74. The van der Waals surface area contributed by atoms with E-state index in [2.05, 4.69) is 9.71 Å². The summed E-state index contributed by atoms with van der Waals surface area (Å²) in [5.41, 5.74) is 1.42. The third-order valence-electron chi connectivity index (χ3n) is 2.63. The minimum absolute atomic E-state index is 0.00177. The van der Waals surface area contributed by atoms with Gasteiger partial charge in [0.1, 0.15) is 4.90 Å². The summed E-state index contributed by atoms with van der Waals surface area (Å²) in [6.45, 7) is 1.76. The van der Waals surface area contributed by atoms with E-state index in [0.29, 0.717) is 11.3 Å². The van der Waals surface area contributed by atoms with Gasteiger partial charge in [0.25, 0.3) is 10.0 Å². The van der Waals surface area contributed by atoms with Gasteiger partial charge in [0.15, 0.2) is 0 Å². The second kappa shape index (κ2) is 5.49. The zero-order chi connectivity index (χ0) is 14.8. The van der Waals surface area contributed by atoms with Crippen molar-refractivity contribution in [3.05, 3.63) is 52.8 Å². The lowest BCUT2D eigenvalue weighted by Crippen LogP contribution is -2.14. The van der Waals surface area contributed by atoms with Gasteiger partial charge in [0, 0.05) is 6.20 Å². The third-order valence-corrected chi connectivity index (χ3v) is 4.48. The molecule has 1 aromatic carbocycles. The molecule has 1 aromatic heterocycles. The Balaban J connectivity index is 2.42. The molecule has 2 aromatic rings. The predicted octanol–water partition coefficient (Wildman–Crippen LogP) is 2.72. The quantitative estimate of drug-likeness (QED) is 0.945. The van der Waals surface area contributed by atoms with Crippen molar-refractivity contribution < 1.29 is 8.42 Å². The van der Waals surface area contributed by atoms with Gasteiger partial charge in [0.05, 0.1) is 28.5 Å². The van der Waals surface area contributed by atoms with Crippen LogP contribution in [-0.2, 0) is 10.0 Å². The van der Waals surface area contributed by atoms with Crippen LogP contribution in [0.4, 0.5) is 5.69 Å². The zero-order valence-electron chi connectivity index (χ0n) is 10.5. The number of halogens is 1. The molecule has 0 saturated heterocycles. The Morgan fingerprint density at radius 3 is 2.70 bits per heavy atom. The van der Waals surface area contributed by atoms with E-state index in [4.69, 9.17) is 16.9 Å². The Labute approximate surface area is 121 Å². The summed E-state index contributed by atoms with van der Waals surface area (Å²) >= 11 is 5.91. The molecule has 0 unspecified atom stereocenters. The van der Waals surface area contributed by atoms with E-state index in [9.17, 15) is 8.42 Å². The van der Waals surface area contributed by atoms with Gasteiger partial charge in [-0.2, -0.15) is 5.26 Å². The van der Waals surface area contributed by atoms with Crippen LogP contribution < -0.4 is 4.72 Å². The number of nitrogens with one attached hydrogen (secondary N) is 1. The van der Waals surface area contributed by atoms with Crippen LogP contribution in [0.2, 0.25) is 5.02 Å². The molecule has 0 aliphatic heterocycles. The van der Waals surface area contributed by atoms with Crippen LogP contribution in [0.5, 0.6) is 0 Å². The lowest BCUT2D eigenvalue weighted by molar-refractivity contribution is 0.601. The van der Waals surface area contributed by atoms with Crippen LogP contribution in [0, 0.1) is 18.3 Å². The van der Waals surface area contributed by atoms with E-state index in [1.54, 1.807) is 19.2 Å². The molecule has 20 heavy (non-hydrogen) atoms. The first-order chi connectivity index (χ1) is 9.44. The summed E-state index contributed by atoms with van der Waals surface area (Å²) < 4.78 is 27.0. The summed E-state index contributed by atoms with van der Waals surface area (Å²) in [6.07, 6.45) is 2.99. The monoisotopic (exact) mass is 307 g/mol. The molecule has 0 radical (unpaired) electrons. The van der Waals surface area contributed by atoms with Crippen LogP contribution in [0.3, 0.4) is 0 Å². The maximum absolute atomic E-state index is 12.3. The lowest BCUT2D eigenvalue weighted by Gasteiger charge is -2.11. The molecule has 0 saturated carbocycles. The largest absolute Gasteiger partial charge is 0.278 e. The number of hydrogen-bond acceptors (Lipinski definition) is 4. The fraction of sp³-hybridized carbons (Fsp3) is 0.0769. The first-order valence-corrected chi connectivity index (χ1v) is 7.43. The standard InChI is InChI=1S/C13H10ClN3O2S/c1-9-4-5-16-8-12(9)17-20(18,19)13-3-2-10(7-15)6-11(13)14/h2-6,8,17H,1H3. The van der Waals surface area contributed by atoms with Crippen molar-refractivity contribution >= 4 is 27.3 Å². The minimum atomic E-state index is -3.82. The highest BCUT2D eigenvalue weighted by Gasteiger charge is 2.19. The van der Waals surface area contributed by atoms with Gasteiger partial charge in [-0.1, -0.05) is 11.6 Å². The smallest absolute Gasteiger partial charge is 0.263 e. The number of aromatic nitrogens is 1. The predicted molar refractivity (Wildman–Crippen MR) is 75.9 cm³/mol. The second-order valence-electron chi connectivity index (χ2n) is 4.05. The molecule has 7 heteroatoms. The maximum Gasteiger partial charge on any atom is 0.263 e. The third kappa shape index (κ3) is 2.90. The van der Waals surface area contributed by atoms with Gasteiger partial charge in [-0.05, 0) is 36.8 Å². The normalized spacial score (nSPS) is 10.8. The highest BCUT2D eigenvalue weighted by atomic mass is 35.5. The molecule has 0 aliphatic rings.